The molecule has 0 bridgehead atoms. The number of imidazole rings is 1. The monoisotopic (exact) mass is 417 g/mol. The van der Waals surface area contributed by atoms with Crippen molar-refractivity contribution in [3.05, 3.63) is 64.1 Å². The predicted octanol–water partition coefficient (Wildman–Crippen LogP) is 3.51. The molecule has 3 aromatic heterocycles. The van der Waals surface area contributed by atoms with E-state index in [9.17, 15) is 10.1 Å². The topological polar surface area (TPSA) is 82.7 Å². The number of carbonyl (C=O) groups excluding carboxylic acids is 1. The van der Waals surface area contributed by atoms with Crippen LogP contribution in [0.2, 0.25) is 0 Å². The van der Waals surface area contributed by atoms with Crippen LogP contribution in [-0.4, -0.2) is 46.5 Å². The summed E-state index contributed by atoms with van der Waals surface area (Å²) in [4.78, 5) is 20.5. The number of hydrogen-bond acceptors (Lipinski definition) is 6. The molecule has 1 aliphatic heterocycles. The second kappa shape index (κ2) is 7.78. The third-order valence-corrected chi connectivity index (χ3v) is 6.14. The van der Waals surface area contributed by atoms with Gasteiger partial charge in [-0.2, -0.15) is 5.26 Å². The van der Waals surface area contributed by atoms with E-state index in [2.05, 4.69) is 22.4 Å². The van der Waals surface area contributed by atoms with E-state index in [4.69, 9.17) is 4.74 Å². The highest BCUT2D eigenvalue weighted by Crippen LogP contribution is 2.32. The van der Waals surface area contributed by atoms with Gasteiger partial charge in [0.1, 0.15) is 17.3 Å². The van der Waals surface area contributed by atoms with Gasteiger partial charge < -0.3 is 15.0 Å². The lowest BCUT2D eigenvalue weighted by atomic mass is 10.1. The second-order valence-corrected chi connectivity index (χ2v) is 8.07. The minimum atomic E-state index is -0.136. The van der Waals surface area contributed by atoms with Crippen LogP contribution in [-0.2, 0) is 11.3 Å². The molecule has 0 unspecified atom stereocenters. The number of hydrogen-bond donors (Lipinski definition) is 1. The van der Waals surface area contributed by atoms with E-state index in [0.717, 1.165) is 16.6 Å². The molecule has 1 aliphatic rings. The number of thiophene rings is 1. The Hall–Kier alpha value is -3.41. The Balaban J connectivity index is 1.64. The smallest absolute Gasteiger partial charge is 0.274 e. The average Bonchev–Trinajstić information content (AvgIpc) is 3.47. The average molecular weight is 417 g/mol. The summed E-state index contributed by atoms with van der Waals surface area (Å²) in [5.41, 5.74) is 2.90. The Kier molecular flexibility index (Phi) is 4.83. The van der Waals surface area contributed by atoms with E-state index in [1.54, 1.807) is 22.4 Å². The summed E-state index contributed by atoms with van der Waals surface area (Å²) in [5.74, 6) is -0.136. The molecule has 150 valence electrons. The third-order valence-electron chi connectivity index (χ3n) is 5.26. The standard InChI is InChI=1S/C22H19N5O2S/c23-12-17-20(24-13-15-4-3-11-30-15)16-5-1-2-6-19(16)27-14-18(25-21(17)27)22(28)26-7-9-29-10-8-26/h1-6,11,14,24H,7-10,13H2. The van der Waals surface area contributed by atoms with Gasteiger partial charge in [0.25, 0.3) is 5.91 Å². The molecular formula is C22H19N5O2S. The summed E-state index contributed by atoms with van der Waals surface area (Å²) in [5, 5.41) is 16.4. The number of nitrogens with one attached hydrogen (secondary N) is 1. The molecule has 1 aromatic carbocycles. The van der Waals surface area contributed by atoms with Crippen molar-refractivity contribution in [3.8, 4) is 6.07 Å². The highest BCUT2D eigenvalue weighted by atomic mass is 32.1. The van der Waals surface area contributed by atoms with E-state index in [1.165, 1.54) is 4.88 Å². The molecule has 0 spiro atoms. The molecule has 5 rings (SSSR count). The zero-order valence-corrected chi connectivity index (χ0v) is 17.0. The number of aromatic nitrogens is 2. The highest BCUT2D eigenvalue weighted by molar-refractivity contribution is 7.09. The van der Waals surface area contributed by atoms with Gasteiger partial charge in [-0.15, -0.1) is 11.3 Å². The van der Waals surface area contributed by atoms with Crippen LogP contribution in [0.15, 0.2) is 48.0 Å². The van der Waals surface area contributed by atoms with Crippen LogP contribution in [0, 0.1) is 11.3 Å². The number of pyridine rings is 1. The van der Waals surface area contributed by atoms with Crippen LogP contribution < -0.4 is 5.32 Å². The highest BCUT2D eigenvalue weighted by Gasteiger charge is 2.24. The molecule has 1 saturated heterocycles. The summed E-state index contributed by atoms with van der Waals surface area (Å²) >= 11 is 1.66. The number of para-hydroxylation sites is 1. The Morgan fingerprint density at radius 3 is 2.83 bits per heavy atom. The number of fused-ring (bicyclic) bond motifs is 3. The third kappa shape index (κ3) is 3.18. The Morgan fingerprint density at radius 1 is 1.23 bits per heavy atom. The van der Waals surface area contributed by atoms with Gasteiger partial charge in [0.2, 0.25) is 0 Å². The van der Waals surface area contributed by atoms with Crippen molar-refractivity contribution in [1.29, 1.82) is 5.26 Å². The van der Waals surface area contributed by atoms with Crippen LogP contribution in [0.25, 0.3) is 16.6 Å². The summed E-state index contributed by atoms with van der Waals surface area (Å²) in [7, 11) is 0. The lowest BCUT2D eigenvalue weighted by molar-refractivity contribution is 0.0299. The molecular weight excluding hydrogens is 398 g/mol. The first-order valence-corrected chi connectivity index (χ1v) is 10.6. The normalized spacial score (nSPS) is 14.2. The van der Waals surface area contributed by atoms with Gasteiger partial charge in [-0.25, -0.2) is 4.98 Å². The maximum absolute atomic E-state index is 13.0. The van der Waals surface area contributed by atoms with Crippen LogP contribution in [0.5, 0.6) is 0 Å². The molecule has 4 aromatic rings. The lowest BCUT2D eigenvalue weighted by Crippen LogP contribution is -2.40. The van der Waals surface area contributed by atoms with Crippen molar-refractivity contribution < 1.29 is 9.53 Å². The van der Waals surface area contributed by atoms with Gasteiger partial charge in [0.05, 0.1) is 24.4 Å². The van der Waals surface area contributed by atoms with Gasteiger partial charge >= 0.3 is 0 Å². The number of morpholine rings is 1. The fraction of sp³-hybridized carbons (Fsp3) is 0.227. The van der Waals surface area contributed by atoms with Crippen molar-refractivity contribution in [3.63, 3.8) is 0 Å². The Labute approximate surface area is 177 Å². The van der Waals surface area contributed by atoms with E-state index in [1.807, 2.05) is 40.1 Å². The van der Waals surface area contributed by atoms with Gasteiger partial charge in [0, 0.05) is 36.1 Å². The largest absolute Gasteiger partial charge is 0.378 e. The summed E-state index contributed by atoms with van der Waals surface area (Å²) in [6.07, 6.45) is 1.74. The minimum absolute atomic E-state index is 0.136. The van der Waals surface area contributed by atoms with Crippen molar-refractivity contribution >= 4 is 39.5 Å². The van der Waals surface area contributed by atoms with Crippen molar-refractivity contribution in [1.82, 2.24) is 14.3 Å². The molecule has 7 nitrogen and oxygen atoms in total. The summed E-state index contributed by atoms with van der Waals surface area (Å²) in [6.45, 7) is 2.77. The molecule has 30 heavy (non-hydrogen) atoms. The lowest BCUT2D eigenvalue weighted by Gasteiger charge is -2.25. The van der Waals surface area contributed by atoms with E-state index in [-0.39, 0.29) is 5.91 Å². The molecule has 0 atom stereocenters. The number of rotatable bonds is 4. The number of amides is 1. The second-order valence-electron chi connectivity index (χ2n) is 7.04. The fourth-order valence-corrected chi connectivity index (χ4v) is 4.44. The molecule has 8 heteroatoms. The maximum Gasteiger partial charge on any atom is 0.274 e. The predicted molar refractivity (Wildman–Crippen MR) is 116 cm³/mol. The van der Waals surface area contributed by atoms with Crippen molar-refractivity contribution in [2.75, 3.05) is 31.6 Å². The number of nitrogens with zero attached hydrogens (tertiary/aromatic N) is 4. The van der Waals surface area contributed by atoms with Crippen LogP contribution in [0.3, 0.4) is 0 Å². The molecule has 1 amide bonds. The van der Waals surface area contributed by atoms with Gasteiger partial charge in [0.15, 0.2) is 5.65 Å². The molecule has 1 N–H and O–H groups in total. The molecule has 1 fully saturated rings. The van der Waals surface area contributed by atoms with Crippen molar-refractivity contribution in [2.24, 2.45) is 0 Å². The fourth-order valence-electron chi connectivity index (χ4n) is 3.79. The molecule has 0 aliphatic carbocycles. The number of carbonyl (C=O) groups is 1. The van der Waals surface area contributed by atoms with E-state index >= 15 is 0 Å². The minimum Gasteiger partial charge on any atom is -0.378 e. The number of nitriles is 1. The van der Waals surface area contributed by atoms with Crippen molar-refractivity contribution in [2.45, 2.75) is 6.54 Å². The zero-order chi connectivity index (χ0) is 20.5. The number of anilines is 1. The summed E-state index contributed by atoms with van der Waals surface area (Å²) < 4.78 is 7.19. The van der Waals surface area contributed by atoms with Gasteiger partial charge in [-0.1, -0.05) is 24.3 Å². The Morgan fingerprint density at radius 2 is 2.07 bits per heavy atom. The van der Waals surface area contributed by atoms with Gasteiger partial charge in [-0.3, -0.25) is 9.20 Å². The number of ether oxygens (including phenoxy) is 1. The quantitative estimate of drug-likeness (QED) is 0.550. The zero-order valence-electron chi connectivity index (χ0n) is 16.2. The molecule has 4 heterocycles. The van der Waals surface area contributed by atoms with Crippen LogP contribution in [0.1, 0.15) is 20.9 Å². The first-order valence-electron chi connectivity index (χ1n) is 9.73. The number of benzene rings is 1. The van der Waals surface area contributed by atoms with E-state index in [0.29, 0.717) is 49.8 Å². The molecule has 0 saturated carbocycles. The van der Waals surface area contributed by atoms with Crippen LogP contribution in [0.4, 0.5) is 5.69 Å². The van der Waals surface area contributed by atoms with E-state index < -0.39 is 0 Å². The first kappa shape index (κ1) is 18.6. The maximum atomic E-state index is 13.0. The molecule has 0 radical (unpaired) electrons. The first-order chi connectivity index (χ1) is 14.8. The Bertz CT molecular complexity index is 1270. The summed E-state index contributed by atoms with van der Waals surface area (Å²) in [6, 6.07) is 14.2. The van der Waals surface area contributed by atoms with Crippen LogP contribution >= 0.6 is 11.3 Å². The van der Waals surface area contributed by atoms with Gasteiger partial charge in [-0.05, 0) is 17.5 Å². The SMILES string of the molecule is N#Cc1c(NCc2cccs2)c2ccccc2n2cc(C(=O)N3CCOCC3)nc12.